The summed E-state index contributed by atoms with van der Waals surface area (Å²) >= 11 is 0. The minimum absolute atomic E-state index is 0.0659. The number of pyridine rings is 1. The van der Waals surface area contributed by atoms with Crippen molar-refractivity contribution in [3.05, 3.63) is 66.1 Å². The molecule has 0 N–H and O–H groups in total. The van der Waals surface area contributed by atoms with Gasteiger partial charge in [-0.1, -0.05) is 24.3 Å². The molecule has 0 radical (unpaired) electrons. The van der Waals surface area contributed by atoms with Gasteiger partial charge in [0.05, 0.1) is 24.0 Å². The first-order valence-corrected chi connectivity index (χ1v) is 7.38. The minimum atomic E-state index is -0.0659. The molecule has 0 saturated carbocycles. The van der Waals surface area contributed by atoms with Gasteiger partial charge < -0.3 is 4.90 Å². The Morgan fingerprint density at radius 3 is 2.87 bits per heavy atom. The number of likely N-dealkylation sites (N-methyl/N-ethyl adjacent to an activating group) is 1. The molecule has 3 rings (SSSR count). The van der Waals surface area contributed by atoms with Crippen molar-refractivity contribution >= 4 is 22.9 Å². The Balaban J connectivity index is 1.68. The Kier molecular flexibility index (Phi) is 4.19. The maximum atomic E-state index is 12.2. The summed E-state index contributed by atoms with van der Waals surface area (Å²) in [5, 5.41) is 5.17. The SMILES string of the molecule is CN(Cc1ccc2ccccc2n1)C(=O)C=Cc1cnn(C)c1. The first-order valence-electron chi connectivity index (χ1n) is 7.38. The highest BCUT2D eigenvalue weighted by atomic mass is 16.2. The van der Waals surface area contributed by atoms with E-state index in [2.05, 4.69) is 10.1 Å². The fraction of sp³-hybridized carbons (Fsp3) is 0.167. The van der Waals surface area contributed by atoms with Crippen LogP contribution in [0.5, 0.6) is 0 Å². The van der Waals surface area contributed by atoms with Crippen LogP contribution in [-0.2, 0) is 18.4 Å². The summed E-state index contributed by atoms with van der Waals surface area (Å²) in [5.74, 6) is -0.0659. The molecule has 116 valence electrons. The number of nitrogens with zero attached hydrogens (tertiary/aromatic N) is 4. The van der Waals surface area contributed by atoms with Gasteiger partial charge in [0.2, 0.25) is 5.91 Å². The molecule has 2 heterocycles. The molecule has 1 aromatic carbocycles. The molecule has 0 atom stereocenters. The molecule has 0 aliphatic carbocycles. The maximum absolute atomic E-state index is 12.2. The fourth-order valence-corrected chi connectivity index (χ4v) is 2.34. The third-order valence-electron chi connectivity index (χ3n) is 3.57. The van der Waals surface area contributed by atoms with E-state index in [1.54, 1.807) is 35.0 Å². The van der Waals surface area contributed by atoms with Gasteiger partial charge in [-0.2, -0.15) is 5.10 Å². The van der Waals surface area contributed by atoms with Crippen LogP contribution in [0.2, 0.25) is 0 Å². The van der Waals surface area contributed by atoms with Crippen molar-refractivity contribution in [3.63, 3.8) is 0 Å². The molecule has 2 aromatic heterocycles. The molecular weight excluding hydrogens is 288 g/mol. The van der Waals surface area contributed by atoms with Crippen LogP contribution in [0.4, 0.5) is 0 Å². The molecule has 1 amide bonds. The van der Waals surface area contributed by atoms with E-state index in [1.165, 1.54) is 0 Å². The highest BCUT2D eigenvalue weighted by Gasteiger charge is 2.07. The second-order valence-electron chi connectivity index (χ2n) is 5.47. The Labute approximate surface area is 134 Å². The van der Waals surface area contributed by atoms with Gasteiger partial charge in [-0.15, -0.1) is 0 Å². The molecule has 5 nitrogen and oxygen atoms in total. The average molecular weight is 306 g/mol. The van der Waals surface area contributed by atoms with Gasteiger partial charge in [-0.3, -0.25) is 14.5 Å². The summed E-state index contributed by atoms with van der Waals surface area (Å²) in [5.41, 5.74) is 2.71. The third-order valence-corrected chi connectivity index (χ3v) is 3.57. The Morgan fingerprint density at radius 2 is 2.09 bits per heavy atom. The van der Waals surface area contributed by atoms with E-state index < -0.39 is 0 Å². The number of amides is 1. The summed E-state index contributed by atoms with van der Waals surface area (Å²) in [6, 6.07) is 11.9. The zero-order chi connectivity index (χ0) is 16.2. The lowest BCUT2D eigenvalue weighted by molar-refractivity contribution is -0.125. The summed E-state index contributed by atoms with van der Waals surface area (Å²) < 4.78 is 1.70. The van der Waals surface area contributed by atoms with Crippen molar-refractivity contribution in [3.8, 4) is 0 Å². The third kappa shape index (κ3) is 3.63. The first-order chi connectivity index (χ1) is 11.1. The van der Waals surface area contributed by atoms with Gasteiger partial charge in [0.25, 0.3) is 0 Å². The van der Waals surface area contributed by atoms with E-state index >= 15 is 0 Å². The van der Waals surface area contributed by atoms with Crippen molar-refractivity contribution in [2.45, 2.75) is 6.54 Å². The number of fused-ring (bicyclic) bond motifs is 1. The fourth-order valence-electron chi connectivity index (χ4n) is 2.34. The van der Waals surface area contributed by atoms with Crippen LogP contribution in [0.1, 0.15) is 11.3 Å². The smallest absolute Gasteiger partial charge is 0.246 e. The second kappa shape index (κ2) is 6.44. The van der Waals surface area contributed by atoms with Crippen LogP contribution in [-0.4, -0.2) is 32.6 Å². The number of aromatic nitrogens is 3. The quantitative estimate of drug-likeness (QED) is 0.696. The number of hydrogen-bond donors (Lipinski definition) is 0. The number of para-hydroxylation sites is 1. The number of aryl methyl sites for hydroxylation is 1. The zero-order valence-electron chi connectivity index (χ0n) is 13.2. The Hall–Kier alpha value is -2.95. The van der Waals surface area contributed by atoms with E-state index in [1.807, 2.05) is 49.6 Å². The molecular formula is C18H18N4O. The largest absolute Gasteiger partial charge is 0.336 e. The van der Waals surface area contributed by atoms with Crippen molar-refractivity contribution in [2.24, 2.45) is 7.05 Å². The molecule has 5 heteroatoms. The van der Waals surface area contributed by atoms with Crippen LogP contribution >= 0.6 is 0 Å². The predicted octanol–water partition coefficient (Wildman–Crippen LogP) is 2.64. The molecule has 0 fully saturated rings. The highest BCUT2D eigenvalue weighted by Crippen LogP contribution is 2.13. The second-order valence-corrected chi connectivity index (χ2v) is 5.47. The van der Waals surface area contributed by atoms with Gasteiger partial charge in [-0.05, 0) is 18.2 Å². The Morgan fingerprint density at radius 1 is 1.26 bits per heavy atom. The standard InChI is InChI=1S/C18H18N4O/c1-21(18(23)10-7-14-11-19-22(2)12-14)13-16-9-8-15-5-3-4-6-17(15)20-16/h3-12H,13H2,1-2H3. The summed E-state index contributed by atoms with van der Waals surface area (Å²) in [6.45, 7) is 0.473. The molecule has 23 heavy (non-hydrogen) atoms. The topological polar surface area (TPSA) is 51.0 Å². The summed E-state index contributed by atoms with van der Waals surface area (Å²) in [4.78, 5) is 18.4. The summed E-state index contributed by atoms with van der Waals surface area (Å²) in [7, 11) is 3.61. The molecule has 0 spiro atoms. The van der Waals surface area contributed by atoms with Crippen LogP contribution < -0.4 is 0 Å². The van der Waals surface area contributed by atoms with Gasteiger partial charge >= 0.3 is 0 Å². The van der Waals surface area contributed by atoms with Crippen LogP contribution in [0, 0.1) is 0 Å². The number of carbonyl (C=O) groups is 1. The monoisotopic (exact) mass is 306 g/mol. The molecule has 0 aliphatic heterocycles. The van der Waals surface area contributed by atoms with E-state index in [0.717, 1.165) is 22.2 Å². The van der Waals surface area contributed by atoms with Gasteiger partial charge in [0, 0.05) is 37.3 Å². The lowest BCUT2D eigenvalue weighted by Crippen LogP contribution is -2.24. The van der Waals surface area contributed by atoms with E-state index in [4.69, 9.17) is 0 Å². The van der Waals surface area contributed by atoms with E-state index in [9.17, 15) is 4.79 Å². The molecule has 0 bridgehead atoms. The number of rotatable bonds is 4. The predicted molar refractivity (Wildman–Crippen MR) is 90.5 cm³/mol. The highest BCUT2D eigenvalue weighted by molar-refractivity contribution is 5.91. The van der Waals surface area contributed by atoms with Crippen molar-refractivity contribution in [1.82, 2.24) is 19.7 Å². The van der Waals surface area contributed by atoms with Gasteiger partial charge in [-0.25, -0.2) is 0 Å². The van der Waals surface area contributed by atoms with E-state index in [-0.39, 0.29) is 5.91 Å². The van der Waals surface area contributed by atoms with Crippen molar-refractivity contribution < 1.29 is 4.79 Å². The maximum Gasteiger partial charge on any atom is 0.246 e. The lowest BCUT2D eigenvalue weighted by atomic mass is 10.2. The first kappa shape index (κ1) is 15.0. The normalized spacial score (nSPS) is 11.2. The number of benzene rings is 1. The zero-order valence-corrected chi connectivity index (χ0v) is 13.2. The van der Waals surface area contributed by atoms with Crippen molar-refractivity contribution in [1.29, 1.82) is 0 Å². The number of carbonyl (C=O) groups excluding carboxylic acids is 1. The molecule has 0 aliphatic rings. The molecule has 0 saturated heterocycles. The molecule has 3 aromatic rings. The molecule has 0 unspecified atom stereocenters. The van der Waals surface area contributed by atoms with Gasteiger partial charge in [0.15, 0.2) is 0 Å². The Bertz CT molecular complexity index is 866. The number of hydrogen-bond acceptors (Lipinski definition) is 3. The van der Waals surface area contributed by atoms with Crippen molar-refractivity contribution in [2.75, 3.05) is 7.05 Å². The van der Waals surface area contributed by atoms with Crippen LogP contribution in [0.3, 0.4) is 0 Å². The van der Waals surface area contributed by atoms with E-state index in [0.29, 0.717) is 6.54 Å². The van der Waals surface area contributed by atoms with Crippen LogP contribution in [0.15, 0.2) is 54.9 Å². The average Bonchev–Trinajstić information content (AvgIpc) is 2.98. The minimum Gasteiger partial charge on any atom is -0.336 e. The van der Waals surface area contributed by atoms with Crippen LogP contribution in [0.25, 0.3) is 17.0 Å². The van der Waals surface area contributed by atoms with Gasteiger partial charge in [0.1, 0.15) is 0 Å². The summed E-state index contributed by atoms with van der Waals surface area (Å²) in [6.07, 6.45) is 6.89. The lowest BCUT2D eigenvalue weighted by Gasteiger charge is -2.14.